The van der Waals surface area contributed by atoms with Crippen molar-refractivity contribution in [1.29, 1.82) is 0 Å². The predicted molar refractivity (Wildman–Crippen MR) is 101 cm³/mol. The Morgan fingerprint density at radius 2 is 1.83 bits per heavy atom. The van der Waals surface area contributed by atoms with Gasteiger partial charge in [0.15, 0.2) is 5.16 Å². The quantitative estimate of drug-likeness (QED) is 0.490. The summed E-state index contributed by atoms with van der Waals surface area (Å²) in [6, 6.07) is 9.71. The number of thiophene rings is 1. The van der Waals surface area contributed by atoms with Gasteiger partial charge in [-0.05, 0) is 29.1 Å². The van der Waals surface area contributed by atoms with E-state index >= 15 is 0 Å². The molecular weight excluding hydrogens is 389 g/mol. The molecule has 0 atom stereocenters. The van der Waals surface area contributed by atoms with Crippen LogP contribution >= 0.6 is 58.1 Å². The van der Waals surface area contributed by atoms with Gasteiger partial charge in [-0.1, -0.05) is 47.1 Å². The number of hydrogen-bond donors (Lipinski definition) is 0. The van der Waals surface area contributed by atoms with E-state index in [-0.39, 0.29) is 0 Å². The van der Waals surface area contributed by atoms with Gasteiger partial charge in [0.25, 0.3) is 0 Å². The van der Waals surface area contributed by atoms with E-state index in [1.54, 1.807) is 34.9 Å². The van der Waals surface area contributed by atoms with Crippen molar-refractivity contribution in [2.45, 2.75) is 20.9 Å². The Kier molecular flexibility index (Phi) is 5.93. The minimum atomic E-state index is 0.669. The molecule has 3 nitrogen and oxygen atoms in total. The van der Waals surface area contributed by atoms with Crippen molar-refractivity contribution >= 4 is 58.1 Å². The third kappa shape index (κ3) is 4.25. The summed E-state index contributed by atoms with van der Waals surface area (Å²) in [5.74, 6) is 2.43. The summed E-state index contributed by atoms with van der Waals surface area (Å²) >= 11 is 17.5. The lowest BCUT2D eigenvalue weighted by Gasteiger charge is -2.06. The van der Waals surface area contributed by atoms with E-state index in [0.717, 1.165) is 22.3 Å². The fourth-order valence-electron chi connectivity index (χ4n) is 1.88. The molecular formula is C15H13Cl2N3S3. The lowest BCUT2D eigenvalue weighted by molar-refractivity contribution is 0.761. The van der Waals surface area contributed by atoms with Crippen LogP contribution in [0.3, 0.4) is 0 Å². The summed E-state index contributed by atoms with van der Waals surface area (Å²) in [4.78, 5) is 0. The van der Waals surface area contributed by atoms with Gasteiger partial charge in [-0.15, -0.1) is 33.3 Å². The first-order valence-corrected chi connectivity index (χ1v) is 10.4. The second kappa shape index (κ2) is 7.94. The number of benzene rings is 1. The van der Waals surface area contributed by atoms with Crippen molar-refractivity contribution in [3.05, 3.63) is 57.1 Å². The van der Waals surface area contributed by atoms with Crippen LogP contribution in [0.2, 0.25) is 10.0 Å². The lowest BCUT2D eigenvalue weighted by atomic mass is 10.2. The molecule has 23 heavy (non-hydrogen) atoms. The second-order valence-corrected chi connectivity index (χ2v) is 8.65. The zero-order chi connectivity index (χ0) is 16.2. The lowest BCUT2D eigenvalue weighted by Crippen LogP contribution is -1.97. The maximum Gasteiger partial charge on any atom is 0.191 e. The maximum absolute atomic E-state index is 6.20. The van der Waals surface area contributed by atoms with Crippen molar-refractivity contribution in [3.8, 4) is 0 Å². The van der Waals surface area contributed by atoms with E-state index in [1.807, 2.05) is 29.8 Å². The Morgan fingerprint density at radius 3 is 2.52 bits per heavy atom. The molecule has 0 N–H and O–H groups in total. The van der Waals surface area contributed by atoms with Crippen molar-refractivity contribution < 1.29 is 0 Å². The van der Waals surface area contributed by atoms with Crippen molar-refractivity contribution in [3.63, 3.8) is 0 Å². The standard InChI is InChI=1S/C15H13Cl2N3S3/c1-20-13(9-22-14-6-3-7-21-14)18-19-15(20)23-8-10-11(16)4-2-5-12(10)17/h2-7H,8-9H2,1H3. The van der Waals surface area contributed by atoms with E-state index in [0.29, 0.717) is 15.8 Å². The zero-order valence-electron chi connectivity index (χ0n) is 12.2. The number of hydrogen-bond acceptors (Lipinski definition) is 5. The molecule has 0 saturated carbocycles. The van der Waals surface area contributed by atoms with E-state index in [9.17, 15) is 0 Å². The van der Waals surface area contributed by atoms with Gasteiger partial charge in [-0.2, -0.15) is 0 Å². The van der Waals surface area contributed by atoms with Gasteiger partial charge in [0.1, 0.15) is 5.82 Å². The Labute approximate surface area is 157 Å². The van der Waals surface area contributed by atoms with Crippen LogP contribution in [0.25, 0.3) is 0 Å². The summed E-state index contributed by atoms with van der Waals surface area (Å²) in [6.45, 7) is 0. The highest BCUT2D eigenvalue weighted by atomic mass is 35.5. The summed E-state index contributed by atoms with van der Waals surface area (Å²) in [6.07, 6.45) is 0. The highest BCUT2D eigenvalue weighted by Crippen LogP contribution is 2.32. The van der Waals surface area contributed by atoms with Crippen molar-refractivity contribution in [1.82, 2.24) is 14.8 Å². The van der Waals surface area contributed by atoms with Gasteiger partial charge in [-0.3, -0.25) is 0 Å². The molecule has 0 fully saturated rings. The first-order chi connectivity index (χ1) is 11.1. The molecule has 2 heterocycles. The van der Waals surface area contributed by atoms with Crippen LogP contribution in [0, 0.1) is 0 Å². The third-order valence-electron chi connectivity index (χ3n) is 3.17. The molecule has 3 rings (SSSR count). The summed E-state index contributed by atoms with van der Waals surface area (Å²) in [5.41, 5.74) is 0.929. The van der Waals surface area contributed by atoms with Crippen LogP contribution in [-0.2, 0) is 18.6 Å². The fourth-order valence-corrected chi connectivity index (χ4v) is 5.32. The smallest absolute Gasteiger partial charge is 0.191 e. The van der Waals surface area contributed by atoms with Gasteiger partial charge in [0.2, 0.25) is 0 Å². The second-order valence-electron chi connectivity index (χ2n) is 4.67. The Balaban J connectivity index is 1.65. The average molecular weight is 402 g/mol. The highest BCUT2D eigenvalue weighted by molar-refractivity contribution is 8.00. The van der Waals surface area contributed by atoms with Crippen LogP contribution < -0.4 is 0 Å². The maximum atomic E-state index is 6.20. The monoisotopic (exact) mass is 401 g/mol. The van der Waals surface area contributed by atoms with Crippen molar-refractivity contribution in [2.24, 2.45) is 7.05 Å². The molecule has 0 radical (unpaired) electrons. The molecule has 0 spiro atoms. The summed E-state index contributed by atoms with van der Waals surface area (Å²) < 4.78 is 3.31. The molecule has 0 amide bonds. The minimum Gasteiger partial charge on any atom is -0.308 e. The number of thioether (sulfide) groups is 2. The number of nitrogens with zero attached hydrogens (tertiary/aromatic N) is 3. The molecule has 120 valence electrons. The Morgan fingerprint density at radius 1 is 1.04 bits per heavy atom. The minimum absolute atomic E-state index is 0.669. The summed E-state index contributed by atoms with van der Waals surface area (Å²) in [7, 11) is 1.99. The highest BCUT2D eigenvalue weighted by Gasteiger charge is 2.12. The molecule has 3 aromatic rings. The molecule has 0 aliphatic carbocycles. The Bertz CT molecular complexity index is 767. The van der Waals surface area contributed by atoms with E-state index in [2.05, 4.69) is 27.7 Å². The van der Waals surface area contributed by atoms with Crippen LogP contribution in [0.1, 0.15) is 11.4 Å². The van der Waals surface area contributed by atoms with Gasteiger partial charge in [0.05, 0.1) is 9.96 Å². The zero-order valence-corrected chi connectivity index (χ0v) is 16.2. The first-order valence-electron chi connectivity index (χ1n) is 6.75. The van der Waals surface area contributed by atoms with Crippen LogP contribution in [0.15, 0.2) is 45.1 Å². The Hall–Kier alpha value is -0.660. The first kappa shape index (κ1) is 17.2. The van der Waals surface area contributed by atoms with E-state index in [4.69, 9.17) is 23.2 Å². The van der Waals surface area contributed by atoms with Gasteiger partial charge >= 0.3 is 0 Å². The van der Waals surface area contributed by atoms with Crippen LogP contribution in [-0.4, -0.2) is 14.8 Å². The normalized spacial score (nSPS) is 11.1. The van der Waals surface area contributed by atoms with Gasteiger partial charge in [-0.25, -0.2) is 0 Å². The molecule has 1 aromatic carbocycles. The predicted octanol–water partition coefficient (Wildman–Crippen LogP) is 5.77. The topological polar surface area (TPSA) is 30.7 Å². The molecule has 0 unspecified atom stereocenters. The molecule has 2 aromatic heterocycles. The molecule has 0 saturated heterocycles. The number of aromatic nitrogens is 3. The number of rotatable bonds is 6. The molecule has 0 aliphatic rings. The van der Waals surface area contributed by atoms with E-state index < -0.39 is 0 Å². The van der Waals surface area contributed by atoms with E-state index in [1.165, 1.54) is 4.21 Å². The molecule has 0 bridgehead atoms. The SMILES string of the molecule is Cn1c(CSc2cccs2)nnc1SCc1c(Cl)cccc1Cl. The third-order valence-corrected chi connectivity index (χ3v) is 7.05. The largest absolute Gasteiger partial charge is 0.308 e. The molecule has 0 aliphatic heterocycles. The van der Waals surface area contributed by atoms with Crippen LogP contribution in [0.4, 0.5) is 0 Å². The number of halogens is 2. The molecule has 8 heteroatoms. The fraction of sp³-hybridized carbons (Fsp3) is 0.200. The average Bonchev–Trinajstić information content (AvgIpc) is 3.15. The summed E-state index contributed by atoms with van der Waals surface area (Å²) in [5, 5.41) is 12.9. The van der Waals surface area contributed by atoms with Gasteiger partial charge in [0, 0.05) is 22.8 Å². The van der Waals surface area contributed by atoms with Crippen LogP contribution in [0.5, 0.6) is 0 Å². The van der Waals surface area contributed by atoms with Gasteiger partial charge < -0.3 is 4.57 Å². The van der Waals surface area contributed by atoms with Crippen molar-refractivity contribution in [2.75, 3.05) is 0 Å².